The standard InChI is InChI=1S/C8H9P/c1-2-9-8-6-4-3-5-7-8/h2-7H,1H3. The molecule has 1 aromatic rings. The molecule has 0 heterocycles. The summed E-state index contributed by atoms with van der Waals surface area (Å²) in [5.74, 6) is 2.13. The maximum absolute atomic E-state index is 2.13. The number of benzene rings is 1. The SMILES string of the molecule is C/C=P/c1ccccc1. The van der Waals surface area contributed by atoms with E-state index in [0.717, 1.165) is 0 Å². The van der Waals surface area contributed by atoms with E-state index in [0.29, 0.717) is 0 Å². The van der Waals surface area contributed by atoms with Crippen molar-refractivity contribution in [2.24, 2.45) is 0 Å². The molecule has 0 N–H and O–H groups in total. The van der Waals surface area contributed by atoms with Crippen molar-refractivity contribution < 1.29 is 0 Å². The van der Waals surface area contributed by atoms with Gasteiger partial charge in [-0.3, -0.25) is 0 Å². The van der Waals surface area contributed by atoms with E-state index >= 15 is 0 Å². The van der Waals surface area contributed by atoms with Crippen LogP contribution in [0.1, 0.15) is 6.92 Å². The van der Waals surface area contributed by atoms with E-state index in [4.69, 9.17) is 0 Å². The van der Waals surface area contributed by atoms with E-state index < -0.39 is 0 Å². The summed E-state index contributed by atoms with van der Waals surface area (Å²) in [4.78, 5) is 0. The normalized spacial score (nSPS) is 10.3. The fraction of sp³-hybridized carbons (Fsp3) is 0.125. The lowest BCUT2D eigenvalue weighted by Gasteiger charge is -1.86. The lowest BCUT2D eigenvalue weighted by Crippen LogP contribution is -1.86. The Balaban J connectivity index is 2.85. The third kappa shape index (κ3) is 1.99. The predicted octanol–water partition coefficient (Wildman–Crippen LogP) is 2.08. The van der Waals surface area contributed by atoms with Gasteiger partial charge in [0.15, 0.2) is 0 Å². The molecule has 1 aromatic carbocycles. The Morgan fingerprint density at radius 2 is 1.89 bits per heavy atom. The third-order valence-corrected chi connectivity index (χ3v) is 1.89. The average Bonchev–Trinajstić information content (AvgIpc) is 1.91. The van der Waals surface area contributed by atoms with Gasteiger partial charge in [-0.2, -0.15) is 0 Å². The van der Waals surface area contributed by atoms with E-state index in [2.05, 4.69) is 37.0 Å². The fourth-order valence-corrected chi connectivity index (χ4v) is 1.31. The van der Waals surface area contributed by atoms with Gasteiger partial charge in [0.2, 0.25) is 0 Å². The molecule has 0 saturated heterocycles. The second kappa shape index (κ2) is 3.42. The van der Waals surface area contributed by atoms with Crippen LogP contribution in [-0.2, 0) is 0 Å². The summed E-state index contributed by atoms with van der Waals surface area (Å²) in [7, 11) is 1.31. The van der Waals surface area contributed by atoms with Crippen molar-refractivity contribution >= 4 is 19.3 Å². The maximum Gasteiger partial charge on any atom is 0.00145 e. The first-order chi connectivity index (χ1) is 4.43. The molecular formula is C8H9P. The Labute approximate surface area is 57.3 Å². The molecule has 0 aliphatic heterocycles. The van der Waals surface area contributed by atoms with Gasteiger partial charge in [0.25, 0.3) is 0 Å². The zero-order valence-electron chi connectivity index (χ0n) is 5.41. The van der Waals surface area contributed by atoms with Crippen LogP contribution in [0.5, 0.6) is 0 Å². The summed E-state index contributed by atoms with van der Waals surface area (Å²) in [5.41, 5.74) is 0. The molecule has 0 fully saturated rings. The molecule has 9 heavy (non-hydrogen) atoms. The largest absolute Gasteiger partial charge is 0.0732 e. The van der Waals surface area contributed by atoms with Crippen LogP contribution < -0.4 is 5.30 Å². The second-order valence-corrected chi connectivity index (χ2v) is 3.01. The lowest BCUT2D eigenvalue weighted by atomic mass is 10.4. The van der Waals surface area contributed by atoms with E-state index in [-0.39, 0.29) is 0 Å². The number of hydrogen-bond acceptors (Lipinski definition) is 0. The summed E-state index contributed by atoms with van der Waals surface area (Å²) in [6, 6.07) is 10.4. The van der Waals surface area contributed by atoms with Gasteiger partial charge in [-0.25, -0.2) is 0 Å². The molecule has 0 saturated carbocycles. The van der Waals surface area contributed by atoms with Gasteiger partial charge in [0.1, 0.15) is 0 Å². The van der Waals surface area contributed by atoms with Crippen molar-refractivity contribution in [1.82, 2.24) is 0 Å². The van der Waals surface area contributed by atoms with Crippen LogP contribution in [0.15, 0.2) is 30.3 Å². The van der Waals surface area contributed by atoms with Crippen molar-refractivity contribution in [3.8, 4) is 0 Å². The molecule has 46 valence electrons. The zero-order chi connectivity index (χ0) is 6.53. The van der Waals surface area contributed by atoms with Gasteiger partial charge >= 0.3 is 0 Å². The first-order valence-electron chi connectivity index (χ1n) is 2.97. The molecule has 0 aliphatic carbocycles. The van der Waals surface area contributed by atoms with Crippen LogP contribution in [0.4, 0.5) is 0 Å². The van der Waals surface area contributed by atoms with Crippen LogP contribution in [0, 0.1) is 0 Å². The second-order valence-electron chi connectivity index (χ2n) is 1.72. The predicted molar refractivity (Wildman–Crippen MR) is 44.7 cm³/mol. The molecule has 0 atom stereocenters. The van der Waals surface area contributed by atoms with Gasteiger partial charge in [0, 0.05) is 5.30 Å². The molecule has 0 bridgehead atoms. The number of hydrogen-bond donors (Lipinski definition) is 0. The Hall–Kier alpha value is -0.610. The molecule has 0 nitrogen and oxygen atoms in total. The molecule has 0 unspecified atom stereocenters. The molecule has 1 rings (SSSR count). The first kappa shape index (κ1) is 6.51. The van der Waals surface area contributed by atoms with E-state index in [1.54, 1.807) is 0 Å². The summed E-state index contributed by atoms with van der Waals surface area (Å²) < 4.78 is 0. The Morgan fingerprint density at radius 3 is 2.44 bits per heavy atom. The fourth-order valence-electron chi connectivity index (χ4n) is 0.663. The van der Waals surface area contributed by atoms with Gasteiger partial charge in [-0.05, 0) is 6.92 Å². The smallest absolute Gasteiger partial charge is 0.00145 e. The summed E-state index contributed by atoms with van der Waals surface area (Å²) in [6.45, 7) is 2.06. The maximum atomic E-state index is 2.13. The van der Waals surface area contributed by atoms with Crippen molar-refractivity contribution in [2.75, 3.05) is 0 Å². The summed E-state index contributed by atoms with van der Waals surface area (Å²) in [6.07, 6.45) is 0. The topological polar surface area (TPSA) is 0 Å². The quantitative estimate of drug-likeness (QED) is 0.518. The highest BCUT2D eigenvalue weighted by Crippen LogP contribution is 1.94. The summed E-state index contributed by atoms with van der Waals surface area (Å²) in [5, 5.41) is 1.36. The van der Waals surface area contributed by atoms with Crippen LogP contribution in [0.25, 0.3) is 0 Å². The van der Waals surface area contributed by atoms with E-state index in [9.17, 15) is 0 Å². The van der Waals surface area contributed by atoms with Crippen LogP contribution in [0.2, 0.25) is 0 Å². The van der Waals surface area contributed by atoms with Crippen molar-refractivity contribution in [3.05, 3.63) is 30.3 Å². The highest BCUT2D eigenvalue weighted by molar-refractivity contribution is 7.47. The Bertz CT molecular complexity index is 189. The Kier molecular flexibility index (Phi) is 2.48. The molecule has 0 aromatic heterocycles. The van der Waals surface area contributed by atoms with Crippen molar-refractivity contribution in [1.29, 1.82) is 0 Å². The molecule has 0 amide bonds. The summed E-state index contributed by atoms with van der Waals surface area (Å²) >= 11 is 0. The van der Waals surface area contributed by atoms with Gasteiger partial charge in [-0.1, -0.05) is 44.3 Å². The van der Waals surface area contributed by atoms with Crippen molar-refractivity contribution in [2.45, 2.75) is 6.92 Å². The minimum atomic E-state index is 1.31. The third-order valence-electron chi connectivity index (χ3n) is 1.03. The molecule has 0 spiro atoms. The van der Waals surface area contributed by atoms with Crippen molar-refractivity contribution in [3.63, 3.8) is 0 Å². The van der Waals surface area contributed by atoms with Crippen LogP contribution in [-0.4, -0.2) is 5.80 Å². The monoisotopic (exact) mass is 136 g/mol. The Morgan fingerprint density at radius 1 is 1.22 bits per heavy atom. The van der Waals surface area contributed by atoms with Crippen LogP contribution in [0.3, 0.4) is 0 Å². The average molecular weight is 136 g/mol. The molecule has 1 heteroatoms. The first-order valence-corrected chi connectivity index (χ1v) is 3.93. The minimum Gasteiger partial charge on any atom is -0.0732 e. The highest BCUT2D eigenvalue weighted by Gasteiger charge is 1.78. The van der Waals surface area contributed by atoms with Gasteiger partial charge in [-0.15, -0.1) is 0 Å². The van der Waals surface area contributed by atoms with Crippen LogP contribution >= 0.6 is 8.20 Å². The van der Waals surface area contributed by atoms with Gasteiger partial charge in [0.05, 0.1) is 0 Å². The van der Waals surface area contributed by atoms with Gasteiger partial charge < -0.3 is 0 Å². The highest BCUT2D eigenvalue weighted by atomic mass is 31.1. The minimum absolute atomic E-state index is 1.31. The molecule has 0 radical (unpaired) electrons. The van der Waals surface area contributed by atoms with E-state index in [1.807, 2.05) is 6.07 Å². The number of rotatable bonds is 1. The molecule has 0 aliphatic rings. The van der Waals surface area contributed by atoms with E-state index in [1.165, 1.54) is 13.5 Å². The zero-order valence-corrected chi connectivity index (χ0v) is 6.31. The lowest BCUT2D eigenvalue weighted by molar-refractivity contribution is 1.78. The molecular weight excluding hydrogens is 127 g/mol.